The van der Waals surface area contributed by atoms with Gasteiger partial charge in [0, 0.05) is 31.4 Å². The van der Waals surface area contributed by atoms with Gasteiger partial charge in [0.25, 0.3) is 0 Å². The van der Waals surface area contributed by atoms with Gasteiger partial charge in [-0.3, -0.25) is 4.79 Å². The summed E-state index contributed by atoms with van der Waals surface area (Å²) in [4.78, 5) is 13.5. The van der Waals surface area contributed by atoms with Gasteiger partial charge in [-0.1, -0.05) is 13.3 Å². The number of nitrogens with one attached hydrogen (secondary N) is 1. The van der Waals surface area contributed by atoms with Crippen molar-refractivity contribution in [1.82, 2.24) is 10.2 Å². The Bertz CT molecular complexity index is 208. The highest BCUT2D eigenvalue weighted by molar-refractivity contribution is 5.88. The minimum absolute atomic E-state index is 0.0986. The third-order valence-electron chi connectivity index (χ3n) is 2.35. The van der Waals surface area contributed by atoms with Gasteiger partial charge >= 0.3 is 0 Å². The normalized spacial score (nSPS) is 11.3. The molecule has 1 amide bonds. The van der Waals surface area contributed by atoms with Crippen LogP contribution in [0.3, 0.4) is 0 Å². The van der Waals surface area contributed by atoms with E-state index in [0.29, 0.717) is 0 Å². The zero-order valence-corrected chi connectivity index (χ0v) is 10.5. The van der Waals surface area contributed by atoms with Crippen molar-refractivity contribution in [1.29, 1.82) is 0 Å². The van der Waals surface area contributed by atoms with Crippen molar-refractivity contribution in [2.24, 2.45) is 0 Å². The summed E-state index contributed by atoms with van der Waals surface area (Å²) in [5.41, 5.74) is 0.959. The van der Waals surface area contributed by atoms with Crippen LogP contribution < -0.4 is 5.32 Å². The summed E-state index contributed by atoms with van der Waals surface area (Å²) in [5, 5.41) is 3.23. The van der Waals surface area contributed by atoms with Crippen molar-refractivity contribution in [3.05, 3.63) is 11.8 Å². The Morgan fingerprint density at radius 2 is 1.87 bits per heavy atom. The minimum atomic E-state index is 0.0986. The zero-order chi connectivity index (χ0) is 11.7. The summed E-state index contributed by atoms with van der Waals surface area (Å²) in [6.07, 6.45) is 4.00. The molecule has 0 aliphatic rings. The third kappa shape index (κ3) is 6.15. The van der Waals surface area contributed by atoms with Crippen molar-refractivity contribution in [2.75, 3.05) is 19.6 Å². The van der Waals surface area contributed by atoms with Crippen LogP contribution in [0.15, 0.2) is 11.8 Å². The average molecular weight is 212 g/mol. The van der Waals surface area contributed by atoms with Gasteiger partial charge in [-0.15, -0.1) is 0 Å². The number of allylic oxidation sites excluding steroid dienone is 1. The van der Waals surface area contributed by atoms with E-state index in [1.807, 2.05) is 25.7 Å². The number of amides is 1. The lowest BCUT2D eigenvalue weighted by molar-refractivity contribution is -0.125. The highest BCUT2D eigenvalue weighted by Gasteiger charge is 2.05. The minimum Gasteiger partial charge on any atom is -0.388 e. The van der Waals surface area contributed by atoms with Crippen LogP contribution in [0.2, 0.25) is 0 Å². The molecule has 0 radical (unpaired) electrons. The van der Waals surface area contributed by atoms with Crippen LogP contribution >= 0.6 is 0 Å². The van der Waals surface area contributed by atoms with Gasteiger partial charge in [0.2, 0.25) is 5.91 Å². The maximum absolute atomic E-state index is 11.7. The van der Waals surface area contributed by atoms with Gasteiger partial charge < -0.3 is 10.2 Å². The van der Waals surface area contributed by atoms with E-state index in [9.17, 15) is 4.79 Å². The Balaban J connectivity index is 4.04. The van der Waals surface area contributed by atoms with Crippen molar-refractivity contribution in [2.45, 2.75) is 40.5 Å². The van der Waals surface area contributed by atoms with Gasteiger partial charge in [0.15, 0.2) is 0 Å². The summed E-state index contributed by atoms with van der Waals surface area (Å²) >= 11 is 0. The highest BCUT2D eigenvalue weighted by Crippen LogP contribution is 1.95. The standard InChI is InChI=1S/C12H24N2O/c1-5-8-9-13-11(4)10-12(15)14(6-2)7-3/h10,13H,5-9H2,1-4H3. The van der Waals surface area contributed by atoms with Crippen molar-refractivity contribution in [3.8, 4) is 0 Å². The van der Waals surface area contributed by atoms with Crippen LogP contribution in [-0.2, 0) is 4.79 Å². The second-order valence-electron chi connectivity index (χ2n) is 3.62. The smallest absolute Gasteiger partial charge is 0.248 e. The maximum Gasteiger partial charge on any atom is 0.248 e. The number of hydrogen-bond donors (Lipinski definition) is 1. The van der Waals surface area contributed by atoms with Gasteiger partial charge in [-0.05, 0) is 27.2 Å². The molecule has 88 valence electrons. The molecule has 0 bridgehead atoms. The number of hydrogen-bond acceptors (Lipinski definition) is 2. The zero-order valence-electron chi connectivity index (χ0n) is 10.5. The number of likely N-dealkylation sites (N-methyl/N-ethyl adjacent to an activating group) is 1. The third-order valence-corrected chi connectivity index (χ3v) is 2.35. The lowest BCUT2D eigenvalue weighted by Gasteiger charge is -2.17. The summed E-state index contributed by atoms with van der Waals surface area (Å²) in [7, 11) is 0. The molecule has 0 aliphatic heterocycles. The van der Waals surface area contributed by atoms with Gasteiger partial charge in [0.1, 0.15) is 0 Å². The molecule has 0 unspecified atom stereocenters. The number of rotatable bonds is 7. The van der Waals surface area contributed by atoms with Crippen molar-refractivity contribution in [3.63, 3.8) is 0 Å². The monoisotopic (exact) mass is 212 g/mol. The number of unbranched alkanes of at least 4 members (excludes halogenated alkanes) is 1. The SMILES string of the molecule is CCCCNC(C)=CC(=O)N(CC)CC. The second-order valence-corrected chi connectivity index (χ2v) is 3.62. The summed E-state index contributed by atoms with van der Waals surface area (Å²) in [6.45, 7) is 10.6. The quantitative estimate of drug-likeness (QED) is 0.518. The molecule has 0 heterocycles. The first kappa shape index (κ1) is 14.0. The van der Waals surface area contributed by atoms with Crippen LogP contribution in [0.1, 0.15) is 40.5 Å². The molecule has 0 spiro atoms. The molecule has 0 rings (SSSR count). The molecule has 0 atom stereocenters. The predicted molar refractivity (Wildman–Crippen MR) is 64.6 cm³/mol. The molecule has 0 aromatic carbocycles. The molecular formula is C12H24N2O. The van der Waals surface area contributed by atoms with Gasteiger partial charge in [-0.2, -0.15) is 0 Å². The molecule has 15 heavy (non-hydrogen) atoms. The van der Waals surface area contributed by atoms with E-state index in [2.05, 4.69) is 12.2 Å². The number of carbonyl (C=O) groups excluding carboxylic acids is 1. The Morgan fingerprint density at radius 3 is 2.33 bits per heavy atom. The second kappa shape index (κ2) is 8.33. The molecule has 0 aliphatic carbocycles. The van der Waals surface area contributed by atoms with Crippen molar-refractivity contribution >= 4 is 5.91 Å². The molecule has 0 aromatic heterocycles. The van der Waals surface area contributed by atoms with Gasteiger partial charge in [-0.25, -0.2) is 0 Å². The number of carbonyl (C=O) groups is 1. The van der Waals surface area contributed by atoms with Crippen LogP contribution in [0.25, 0.3) is 0 Å². The van der Waals surface area contributed by atoms with Crippen LogP contribution in [0, 0.1) is 0 Å². The molecule has 0 saturated heterocycles. The first-order valence-electron chi connectivity index (χ1n) is 5.86. The van der Waals surface area contributed by atoms with E-state index in [1.54, 1.807) is 6.08 Å². The number of nitrogens with zero attached hydrogens (tertiary/aromatic N) is 1. The fraction of sp³-hybridized carbons (Fsp3) is 0.750. The maximum atomic E-state index is 11.7. The molecule has 0 aromatic rings. The van der Waals surface area contributed by atoms with Crippen molar-refractivity contribution < 1.29 is 4.79 Å². The Labute approximate surface area is 93.5 Å². The van der Waals surface area contributed by atoms with Crippen LogP contribution in [-0.4, -0.2) is 30.4 Å². The van der Waals surface area contributed by atoms with E-state index in [4.69, 9.17) is 0 Å². The lowest BCUT2D eigenvalue weighted by atomic mass is 10.3. The molecular weight excluding hydrogens is 188 g/mol. The fourth-order valence-electron chi connectivity index (χ4n) is 1.33. The molecule has 3 nitrogen and oxygen atoms in total. The Morgan fingerprint density at radius 1 is 1.27 bits per heavy atom. The van der Waals surface area contributed by atoms with E-state index < -0.39 is 0 Å². The predicted octanol–water partition coefficient (Wildman–Crippen LogP) is 2.15. The molecule has 3 heteroatoms. The first-order chi connectivity index (χ1) is 7.15. The first-order valence-corrected chi connectivity index (χ1v) is 5.86. The molecule has 0 fully saturated rings. The summed E-state index contributed by atoms with van der Waals surface area (Å²) in [5.74, 6) is 0.0986. The van der Waals surface area contributed by atoms with Gasteiger partial charge in [0.05, 0.1) is 0 Å². The molecule has 1 N–H and O–H groups in total. The van der Waals surface area contributed by atoms with Crippen LogP contribution in [0.4, 0.5) is 0 Å². The van der Waals surface area contributed by atoms with E-state index in [-0.39, 0.29) is 5.91 Å². The molecule has 0 saturated carbocycles. The average Bonchev–Trinajstić information content (AvgIpc) is 2.20. The summed E-state index contributed by atoms with van der Waals surface area (Å²) in [6, 6.07) is 0. The topological polar surface area (TPSA) is 32.3 Å². The van der Waals surface area contributed by atoms with E-state index >= 15 is 0 Å². The Kier molecular flexibility index (Phi) is 7.78. The van der Waals surface area contributed by atoms with Crippen LogP contribution in [0.5, 0.6) is 0 Å². The lowest BCUT2D eigenvalue weighted by Crippen LogP contribution is -2.29. The van der Waals surface area contributed by atoms with E-state index in [0.717, 1.165) is 31.8 Å². The largest absolute Gasteiger partial charge is 0.388 e. The fourth-order valence-corrected chi connectivity index (χ4v) is 1.33. The van der Waals surface area contributed by atoms with E-state index in [1.165, 1.54) is 6.42 Å². The Hall–Kier alpha value is -0.990. The highest BCUT2D eigenvalue weighted by atomic mass is 16.2. The summed E-state index contributed by atoms with van der Waals surface area (Å²) < 4.78 is 0.